The summed E-state index contributed by atoms with van der Waals surface area (Å²) in [5, 5.41) is 0. The molecule has 29 heavy (non-hydrogen) atoms. The Morgan fingerprint density at radius 3 is 1.14 bits per heavy atom. The second-order valence-corrected chi connectivity index (χ2v) is 7.66. The molecule has 0 aromatic heterocycles. The van der Waals surface area contributed by atoms with Crippen LogP contribution >= 0.6 is 0 Å². The molecule has 0 aliphatic heterocycles. The first-order chi connectivity index (χ1) is 13.7. The van der Waals surface area contributed by atoms with Gasteiger partial charge in [0.2, 0.25) is 0 Å². The third-order valence-electron chi connectivity index (χ3n) is 3.54. The Morgan fingerprint density at radius 1 is 0.517 bits per heavy atom. The highest BCUT2D eigenvalue weighted by Crippen LogP contribution is 2.03. The van der Waals surface area contributed by atoms with Gasteiger partial charge in [0.15, 0.2) is 0 Å². The van der Waals surface area contributed by atoms with E-state index in [2.05, 4.69) is 0 Å². The quantitative estimate of drug-likeness (QED) is 0.215. The van der Waals surface area contributed by atoms with Crippen LogP contribution in [0.4, 0.5) is 0 Å². The molecule has 0 spiro atoms. The standard InChI is InChI=1S/C21H36O8/c1-16(2)14-28-20(24)10-8-18(22)26-12-6-5-7-13-27-19(23)9-11-21(25)29-15-17(3)4/h16-17H,5-15H2,1-4H3. The van der Waals surface area contributed by atoms with Crippen molar-refractivity contribution >= 4 is 23.9 Å². The maximum Gasteiger partial charge on any atom is 0.306 e. The third-order valence-corrected chi connectivity index (χ3v) is 3.54. The van der Waals surface area contributed by atoms with Crippen LogP contribution in [0.5, 0.6) is 0 Å². The second kappa shape index (κ2) is 16.8. The van der Waals surface area contributed by atoms with E-state index >= 15 is 0 Å². The molecule has 0 saturated carbocycles. The fourth-order valence-corrected chi connectivity index (χ4v) is 1.97. The van der Waals surface area contributed by atoms with Crippen molar-refractivity contribution in [2.75, 3.05) is 26.4 Å². The minimum absolute atomic E-state index is 0.00808. The van der Waals surface area contributed by atoms with Crippen LogP contribution in [-0.2, 0) is 38.1 Å². The van der Waals surface area contributed by atoms with Crippen molar-refractivity contribution in [3.8, 4) is 0 Å². The second-order valence-electron chi connectivity index (χ2n) is 7.66. The largest absolute Gasteiger partial charge is 0.466 e. The molecule has 0 heterocycles. The predicted octanol–water partition coefficient (Wildman–Crippen LogP) is 3.20. The number of carbonyl (C=O) groups is 4. The summed E-state index contributed by atoms with van der Waals surface area (Å²) in [6.07, 6.45) is 2.07. The van der Waals surface area contributed by atoms with Crippen molar-refractivity contribution < 1.29 is 38.1 Å². The van der Waals surface area contributed by atoms with Crippen LogP contribution in [0.25, 0.3) is 0 Å². The zero-order chi connectivity index (χ0) is 22.1. The van der Waals surface area contributed by atoms with E-state index < -0.39 is 23.9 Å². The molecule has 0 fully saturated rings. The van der Waals surface area contributed by atoms with Crippen molar-refractivity contribution in [3.63, 3.8) is 0 Å². The Balaban J connectivity index is 3.53. The van der Waals surface area contributed by atoms with E-state index in [1.807, 2.05) is 27.7 Å². The van der Waals surface area contributed by atoms with E-state index in [0.29, 0.717) is 26.1 Å². The van der Waals surface area contributed by atoms with Gasteiger partial charge < -0.3 is 18.9 Å². The fraction of sp³-hybridized carbons (Fsp3) is 0.810. The van der Waals surface area contributed by atoms with Gasteiger partial charge in [0.25, 0.3) is 0 Å². The summed E-state index contributed by atoms with van der Waals surface area (Å²) in [5.74, 6) is -1.13. The molecule has 0 bridgehead atoms. The lowest BCUT2D eigenvalue weighted by Crippen LogP contribution is -2.13. The van der Waals surface area contributed by atoms with E-state index in [4.69, 9.17) is 18.9 Å². The van der Waals surface area contributed by atoms with Crippen LogP contribution in [0.2, 0.25) is 0 Å². The number of esters is 4. The Bertz CT molecular complexity index is 455. The minimum atomic E-state index is -0.428. The zero-order valence-corrected chi connectivity index (χ0v) is 18.2. The molecular formula is C21H36O8. The number of hydrogen-bond donors (Lipinski definition) is 0. The van der Waals surface area contributed by atoms with Crippen molar-refractivity contribution in [1.82, 2.24) is 0 Å². The fourth-order valence-electron chi connectivity index (χ4n) is 1.97. The van der Waals surface area contributed by atoms with Crippen molar-refractivity contribution in [3.05, 3.63) is 0 Å². The lowest BCUT2D eigenvalue weighted by Gasteiger charge is -2.08. The summed E-state index contributed by atoms with van der Waals surface area (Å²) < 4.78 is 20.1. The molecule has 0 aliphatic rings. The van der Waals surface area contributed by atoms with Crippen molar-refractivity contribution in [1.29, 1.82) is 0 Å². The molecule has 0 amide bonds. The summed E-state index contributed by atoms with van der Waals surface area (Å²) >= 11 is 0. The highest BCUT2D eigenvalue weighted by Gasteiger charge is 2.11. The van der Waals surface area contributed by atoms with Crippen LogP contribution in [0.3, 0.4) is 0 Å². The summed E-state index contributed by atoms with van der Waals surface area (Å²) in [5.41, 5.74) is 0. The molecule has 0 saturated heterocycles. The minimum Gasteiger partial charge on any atom is -0.466 e. The van der Waals surface area contributed by atoms with Gasteiger partial charge in [0.1, 0.15) is 0 Å². The summed E-state index contributed by atoms with van der Waals surface area (Å²) in [6, 6.07) is 0. The van der Waals surface area contributed by atoms with Gasteiger partial charge >= 0.3 is 23.9 Å². The lowest BCUT2D eigenvalue weighted by atomic mass is 10.2. The van der Waals surface area contributed by atoms with E-state index in [9.17, 15) is 19.2 Å². The highest BCUT2D eigenvalue weighted by atomic mass is 16.5. The summed E-state index contributed by atoms with van der Waals surface area (Å²) in [7, 11) is 0. The van der Waals surface area contributed by atoms with Gasteiger partial charge in [0, 0.05) is 0 Å². The molecule has 0 atom stereocenters. The van der Waals surface area contributed by atoms with E-state index in [-0.39, 0.29) is 50.7 Å². The number of unbranched alkanes of at least 4 members (excludes halogenated alkanes) is 2. The highest BCUT2D eigenvalue weighted by molar-refractivity contribution is 5.78. The van der Waals surface area contributed by atoms with Gasteiger partial charge in [-0.1, -0.05) is 27.7 Å². The lowest BCUT2D eigenvalue weighted by molar-refractivity contribution is -0.151. The number of ether oxygens (including phenoxy) is 4. The molecule has 168 valence electrons. The Labute approximate surface area is 173 Å². The zero-order valence-electron chi connectivity index (χ0n) is 18.2. The molecule has 0 rings (SSSR count). The van der Waals surface area contributed by atoms with Crippen molar-refractivity contribution in [2.24, 2.45) is 11.8 Å². The molecule has 0 aliphatic carbocycles. The summed E-state index contributed by atoms with van der Waals surface area (Å²) in [4.78, 5) is 45.9. The van der Waals surface area contributed by atoms with Gasteiger partial charge in [-0.15, -0.1) is 0 Å². The van der Waals surface area contributed by atoms with Crippen LogP contribution in [-0.4, -0.2) is 50.3 Å². The van der Waals surface area contributed by atoms with E-state index in [1.54, 1.807) is 0 Å². The molecule has 0 N–H and O–H groups in total. The number of carbonyl (C=O) groups excluding carboxylic acids is 4. The molecule has 8 nitrogen and oxygen atoms in total. The smallest absolute Gasteiger partial charge is 0.306 e. The molecule has 0 aromatic rings. The van der Waals surface area contributed by atoms with Crippen LogP contribution in [0, 0.1) is 11.8 Å². The molecule has 0 radical (unpaired) electrons. The monoisotopic (exact) mass is 416 g/mol. The maximum atomic E-state index is 11.5. The number of hydrogen-bond acceptors (Lipinski definition) is 8. The van der Waals surface area contributed by atoms with E-state index in [0.717, 1.165) is 6.42 Å². The molecule has 0 aromatic carbocycles. The van der Waals surface area contributed by atoms with Crippen molar-refractivity contribution in [2.45, 2.75) is 72.6 Å². The normalized spacial score (nSPS) is 10.7. The SMILES string of the molecule is CC(C)COC(=O)CCC(=O)OCCCCCOC(=O)CCC(=O)OCC(C)C. The van der Waals surface area contributed by atoms with Gasteiger partial charge in [-0.3, -0.25) is 19.2 Å². The Kier molecular flexibility index (Phi) is 15.6. The predicted molar refractivity (Wildman–Crippen MR) is 106 cm³/mol. The average Bonchev–Trinajstić information content (AvgIpc) is 2.66. The third kappa shape index (κ3) is 19.0. The topological polar surface area (TPSA) is 105 Å². The Morgan fingerprint density at radius 2 is 0.828 bits per heavy atom. The van der Waals surface area contributed by atoms with Gasteiger partial charge in [-0.25, -0.2) is 0 Å². The Hall–Kier alpha value is -2.12. The van der Waals surface area contributed by atoms with Gasteiger partial charge in [-0.2, -0.15) is 0 Å². The van der Waals surface area contributed by atoms with Gasteiger partial charge in [-0.05, 0) is 31.1 Å². The van der Waals surface area contributed by atoms with Crippen LogP contribution in [0.15, 0.2) is 0 Å². The average molecular weight is 417 g/mol. The van der Waals surface area contributed by atoms with Crippen LogP contribution in [0.1, 0.15) is 72.6 Å². The first-order valence-electron chi connectivity index (χ1n) is 10.3. The van der Waals surface area contributed by atoms with E-state index in [1.165, 1.54) is 0 Å². The first-order valence-corrected chi connectivity index (χ1v) is 10.3. The maximum absolute atomic E-state index is 11.5. The molecule has 0 unspecified atom stereocenters. The molecule has 8 heteroatoms. The van der Waals surface area contributed by atoms with Crippen LogP contribution < -0.4 is 0 Å². The van der Waals surface area contributed by atoms with Gasteiger partial charge in [0.05, 0.1) is 52.1 Å². The summed E-state index contributed by atoms with van der Waals surface area (Å²) in [6.45, 7) is 8.97. The first kappa shape index (κ1) is 26.9. The number of rotatable bonds is 16. The molecular weight excluding hydrogens is 380 g/mol.